The van der Waals surface area contributed by atoms with E-state index in [1.54, 1.807) is 0 Å². The predicted octanol–water partition coefficient (Wildman–Crippen LogP) is -2.84. The van der Waals surface area contributed by atoms with E-state index in [1.807, 2.05) is 0 Å². The van der Waals surface area contributed by atoms with Gasteiger partial charge in [0.1, 0.15) is 0 Å². The minimum atomic E-state index is 0. The van der Waals surface area contributed by atoms with Crippen LogP contribution in [-0.4, -0.2) is 28.3 Å². The summed E-state index contributed by atoms with van der Waals surface area (Å²) >= 11 is 0. The Morgan fingerprint density at radius 2 is 0.750 bits per heavy atom. The Hall–Kier alpha value is 0.946. The Balaban J connectivity index is 0. The molecule has 0 unspecified atom stereocenters. The molecule has 0 bridgehead atoms. The molecule has 0 aliphatic rings. The Bertz CT molecular complexity index is 6.00. The maximum Gasteiger partial charge on any atom is 0.187 e. The van der Waals surface area contributed by atoms with E-state index in [-0.39, 0.29) is 44.8 Å². The van der Waals surface area contributed by atoms with Gasteiger partial charge in [0.05, 0.1) is 0 Å². The van der Waals surface area contributed by atoms with Crippen LogP contribution >= 0.6 is 0 Å². The zero-order valence-electron chi connectivity index (χ0n) is 1.32. The van der Waals surface area contributed by atoms with E-state index in [0.717, 1.165) is 0 Å². The molecule has 32 valence electrons. The third-order valence-electron chi connectivity index (χ3n) is 0. The van der Waals surface area contributed by atoms with Gasteiger partial charge in [0.15, 0.2) is 17.4 Å². The molecule has 0 spiro atoms. The van der Waals surface area contributed by atoms with E-state index >= 15 is 0 Å². The van der Waals surface area contributed by atoms with Gasteiger partial charge in [0.25, 0.3) is 0 Å². The van der Waals surface area contributed by atoms with Crippen molar-refractivity contribution in [1.82, 2.24) is 0 Å². The number of hydrogen-bond donors (Lipinski definition) is 0. The second-order valence-corrected chi connectivity index (χ2v) is 0. The van der Waals surface area contributed by atoms with E-state index in [1.165, 1.54) is 0 Å². The molecule has 4 heteroatoms. The van der Waals surface area contributed by atoms with Gasteiger partial charge in [-0.15, -0.1) is 0 Å². The predicted molar refractivity (Wildman–Crippen MR) is 17.2 cm³/mol. The normalized spacial score (nSPS) is 0. The molecule has 0 saturated heterocycles. The van der Waals surface area contributed by atoms with E-state index in [0.29, 0.717) is 0 Å². The van der Waals surface area contributed by atoms with Crippen LogP contribution in [0.1, 0.15) is 0 Å². The maximum absolute atomic E-state index is 0. The van der Waals surface area contributed by atoms with Crippen LogP contribution in [0.3, 0.4) is 0 Å². The van der Waals surface area contributed by atoms with Gasteiger partial charge in [-0.2, -0.15) is 0 Å². The molecule has 0 fully saturated rings. The topological polar surface area (TPSA) is 63.0 Å². The first-order chi connectivity index (χ1) is 0. The second-order valence-electron chi connectivity index (χ2n) is 0. The van der Waals surface area contributed by atoms with Crippen molar-refractivity contribution in [3.05, 3.63) is 0 Å². The smallest absolute Gasteiger partial charge is 0.187 e. The van der Waals surface area contributed by atoms with Gasteiger partial charge in [-0.05, 0) is 0 Å². The van der Waals surface area contributed by atoms with Crippen LogP contribution in [0.15, 0.2) is 0 Å². The number of hydrogen-bond acceptors (Lipinski definition) is 0. The second kappa shape index (κ2) is 38.3. The summed E-state index contributed by atoms with van der Waals surface area (Å²) in [5, 5.41) is 0. The summed E-state index contributed by atoms with van der Waals surface area (Å²) in [5.41, 5.74) is 0. The molecule has 0 aromatic rings. The Kier molecular flexibility index (Phi) is 823. The van der Waals surface area contributed by atoms with Crippen molar-refractivity contribution < 1.29 is 27.4 Å². The molecular formula is H7AlNiO2. The standard InChI is InChI=1S/Al.Ni.2H2O.3H/h;;2*1H2;;;. The van der Waals surface area contributed by atoms with Crippen LogP contribution < -0.4 is 0 Å². The van der Waals surface area contributed by atoms with Gasteiger partial charge in [0.2, 0.25) is 0 Å². The summed E-state index contributed by atoms with van der Waals surface area (Å²) in [6.07, 6.45) is 0. The largest absolute Gasteiger partial charge is 0.412 e. The molecule has 0 radical (unpaired) electrons. The Morgan fingerprint density at radius 1 is 0.750 bits per heavy atom. The monoisotopic (exact) mass is 124 g/mol. The summed E-state index contributed by atoms with van der Waals surface area (Å²) < 4.78 is 0. The van der Waals surface area contributed by atoms with Crippen LogP contribution in [0.2, 0.25) is 0 Å². The van der Waals surface area contributed by atoms with E-state index in [4.69, 9.17) is 0 Å². The van der Waals surface area contributed by atoms with Crippen LogP contribution in [0, 0.1) is 0 Å². The minimum absolute atomic E-state index is 0. The van der Waals surface area contributed by atoms with E-state index in [9.17, 15) is 0 Å². The summed E-state index contributed by atoms with van der Waals surface area (Å²) in [5.74, 6) is 0. The molecule has 0 amide bonds. The van der Waals surface area contributed by atoms with Crippen molar-refractivity contribution in [3.63, 3.8) is 0 Å². The molecule has 4 N–H and O–H groups in total. The summed E-state index contributed by atoms with van der Waals surface area (Å²) in [7, 11) is 0. The van der Waals surface area contributed by atoms with Gasteiger partial charge >= 0.3 is 0 Å². The first-order valence-corrected chi connectivity index (χ1v) is 0. The van der Waals surface area contributed by atoms with Crippen LogP contribution in [0.25, 0.3) is 0 Å². The average Bonchev–Trinajstić information content (AvgIpc) is 0. The molecule has 0 saturated carbocycles. The Labute approximate surface area is 45.3 Å². The minimum Gasteiger partial charge on any atom is -0.412 e. The first-order valence-electron chi connectivity index (χ1n) is 0. The summed E-state index contributed by atoms with van der Waals surface area (Å²) in [6, 6.07) is 0. The van der Waals surface area contributed by atoms with Crippen molar-refractivity contribution in [2.24, 2.45) is 0 Å². The van der Waals surface area contributed by atoms with Crippen LogP contribution in [-0.2, 0) is 16.5 Å². The van der Waals surface area contributed by atoms with Crippen molar-refractivity contribution >= 4 is 17.4 Å². The number of rotatable bonds is 0. The fraction of sp³-hybridized carbons (Fsp3) is 0. The van der Waals surface area contributed by atoms with Crippen molar-refractivity contribution in [3.8, 4) is 0 Å². The van der Waals surface area contributed by atoms with Crippen LogP contribution in [0.4, 0.5) is 0 Å². The Morgan fingerprint density at radius 3 is 0.750 bits per heavy atom. The van der Waals surface area contributed by atoms with E-state index < -0.39 is 0 Å². The third-order valence-corrected chi connectivity index (χ3v) is 0. The third kappa shape index (κ3) is 12.5. The molecule has 0 aromatic carbocycles. The van der Waals surface area contributed by atoms with Crippen molar-refractivity contribution in [2.75, 3.05) is 0 Å². The van der Waals surface area contributed by atoms with Crippen molar-refractivity contribution in [1.29, 1.82) is 0 Å². The first kappa shape index (κ1) is 86.1. The summed E-state index contributed by atoms with van der Waals surface area (Å²) in [4.78, 5) is 0. The summed E-state index contributed by atoms with van der Waals surface area (Å²) in [6.45, 7) is 0. The van der Waals surface area contributed by atoms with Gasteiger partial charge in [-0.3, -0.25) is 0 Å². The molecule has 0 rings (SSSR count). The average molecular weight is 125 g/mol. The van der Waals surface area contributed by atoms with Gasteiger partial charge in [0, 0.05) is 16.5 Å². The fourth-order valence-electron chi connectivity index (χ4n) is 0. The molecule has 0 aliphatic carbocycles. The molecule has 0 aromatic heterocycles. The fourth-order valence-corrected chi connectivity index (χ4v) is 0. The molecule has 2 nitrogen and oxygen atoms in total. The zero-order valence-corrected chi connectivity index (χ0v) is 2.30. The maximum atomic E-state index is 0. The molecule has 0 aliphatic heterocycles. The molecule has 0 heterocycles. The van der Waals surface area contributed by atoms with E-state index in [2.05, 4.69) is 0 Å². The molecular weight excluding hydrogens is 118 g/mol. The SMILES string of the molecule is O.O.[AlH3].[Ni]. The van der Waals surface area contributed by atoms with Gasteiger partial charge in [-0.25, -0.2) is 0 Å². The quantitative estimate of drug-likeness (QED) is 0.313. The molecule has 0 atom stereocenters. The van der Waals surface area contributed by atoms with Crippen molar-refractivity contribution in [2.45, 2.75) is 0 Å². The van der Waals surface area contributed by atoms with Gasteiger partial charge < -0.3 is 11.0 Å². The molecule has 4 heavy (non-hydrogen) atoms. The van der Waals surface area contributed by atoms with Gasteiger partial charge in [-0.1, -0.05) is 0 Å². The zero-order chi connectivity index (χ0) is 0. The van der Waals surface area contributed by atoms with Crippen LogP contribution in [0.5, 0.6) is 0 Å².